The number of carbonyl (C=O) groups is 1. The Morgan fingerprint density at radius 1 is 0.889 bits per heavy atom. The monoisotopic (exact) mass is 238 g/mol. The van der Waals surface area contributed by atoms with Crippen LogP contribution in [0, 0.1) is 0 Å². The fourth-order valence-corrected chi connectivity index (χ4v) is 1.59. The van der Waals surface area contributed by atoms with E-state index in [1.807, 2.05) is 54.6 Å². The second-order valence-corrected chi connectivity index (χ2v) is 3.84. The van der Waals surface area contributed by atoms with Gasteiger partial charge in [0.15, 0.2) is 0 Å². The van der Waals surface area contributed by atoms with Crippen LogP contribution < -0.4 is 11.3 Å². The molecule has 1 amide bonds. The Hall–Kier alpha value is -2.39. The van der Waals surface area contributed by atoms with Gasteiger partial charge in [-0.05, 0) is 23.3 Å². The summed E-state index contributed by atoms with van der Waals surface area (Å²) in [6.07, 6.45) is 4.03. The molecule has 3 nitrogen and oxygen atoms in total. The van der Waals surface area contributed by atoms with E-state index in [-0.39, 0.29) is 5.91 Å². The number of carbonyl (C=O) groups excluding carboxylic acids is 1. The SMILES string of the molecule is NNC(=O)c1ccc(C=Cc2ccccc2)cc1. The molecule has 90 valence electrons. The van der Waals surface area contributed by atoms with Crippen LogP contribution in [-0.4, -0.2) is 5.91 Å². The predicted molar refractivity (Wildman–Crippen MR) is 73.5 cm³/mol. The van der Waals surface area contributed by atoms with Gasteiger partial charge in [0.2, 0.25) is 0 Å². The molecule has 2 rings (SSSR count). The molecule has 2 aromatic carbocycles. The van der Waals surface area contributed by atoms with Crippen LogP contribution in [0.5, 0.6) is 0 Å². The number of nitrogen functional groups attached to an aromatic ring is 1. The lowest BCUT2D eigenvalue weighted by molar-refractivity contribution is 0.0953. The fraction of sp³-hybridized carbons (Fsp3) is 0. The molecule has 0 bridgehead atoms. The maximum Gasteiger partial charge on any atom is 0.265 e. The summed E-state index contributed by atoms with van der Waals surface area (Å²) in [5.74, 6) is 4.78. The Balaban J connectivity index is 2.11. The molecule has 0 aromatic heterocycles. The van der Waals surface area contributed by atoms with Gasteiger partial charge >= 0.3 is 0 Å². The number of rotatable bonds is 3. The summed E-state index contributed by atoms with van der Waals surface area (Å²) in [4.78, 5) is 11.2. The van der Waals surface area contributed by atoms with Crippen LogP contribution in [0.1, 0.15) is 21.5 Å². The van der Waals surface area contributed by atoms with E-state index < -0.39 is 0 Å². The summed E-state index contributed by atoms with van der Waals surface area (Å²) in [6, 6.07) is 17.3. The molecule has 2 aromatic rings. The summed E-state index contributed by atoms with van der Waals surface area (Å²) >= 11 is 0. The largest absolute Gasteiger partial charge is 0.290 e. The Bertz CT molecular complexity index is 544. The molecule has 0 atom stereocenters. The molecule has 18 heavy (non-hydrogen) atoms. The van der Waals surface area contributed by atoms with Crippen molar-refractivity contribution in [1.82, 2.24) is 5.43 Å². The van der Waals surface area contributed by atoms with E-state index >= 15 is 0 Å². The van der Waals surface area contributed by atoms with Crippen molar-refractivity contribution in [1.29, 1.82) is 0 Å². The minimum atomic E-state index is -0.284. The van der Waals surface area contributed by atoms with Gasteiger partial charge in [0, 0.05) is 5.56 Å². The zero-order valence-corrected chi connectivity index (χ0v) is 9.84. The lowest BCUT2D eigenvalue weighted by atomic mass is 10.1. The van der Waals surface area contributed by atoms with E-state index in [4.69, 9.17) is 5.84 Å². The van der Waals surface area contributed by atoms with Crippen LogP contribution in [-0.2, 0) is 0 Å². The smallest absolute Gasteiger partial charge is 0.265 e. The normalized spacial score (nSPS) is 10.5. The van der Waals surface area contributed by atoms with Crippen molar-refractivity contribution in [3.8, 4) is 0 Å². The summed E-state index contributed by atoms with van der Waals surface area (Å²) in [6.45, 7) is 0. The third-order valence-electron chi connectivity index (χ3n) is 2.57. The van der Waals surface area contributed by atoms with Gasteiger partial charge in [-0.2, -0.15) is 0 Å². The molecule has 0 radical (unpaired) electrons. The van der Waals surface area contributed by atoms with E-state index in [1.54, 1.807) is 12.1 Å². The third kappa shape index (κ3) is 3.06. The Morgan fingerprint density at radius 2 is 1.44 bits per heavy atom. The first-order valence-corrected chi connectivity index (χ1v) is 5.64. The van der Waals surface area contributed by atoms with Crippen LogP contribution in [0.3, 0.4) is 0 Å². The number of benzene rings is 2. The van der Waals surface area contributed by atoms with E-state index in [9.17, 15) is 4.79 Å². The zero-order chi connectivity index (χ0) is 12.8. The average Bonchev–Trinajstić information content (AvgIpc) is 2.46. The van der Waals surface area contributed by atoms with E-state index in [0.717, 1.165) is 11.1 Å². The number of hydrogen-bond donors (Lipinski definition) is 2. The van der Waals surface area contributed by atoms with Gasteiger partial charge in [-0.1, -0.05) is 54.6 Å². The topological polar surface area (TPSA) is 55.1 Å². The van der Waals surface area contributed by atoms with Gasteiger partial charge < -0.3 is 0 Å². The van der Waals surface area contributed by atoms with E-state index in [1.165, 1.54) is 0 Å². The molecule has 0 aliphatic carbocycles. The first-order valence-electron chi connectivity index (χ1n) is 5.64. The highest BCUT2D eigenvalue weighted by atomic mass is 16.2. The third-order valence-corrected chi connectivity index (χ3v) is 2.57. The van der Waals surface area contributed by atoms with Crippen molar-refractivity contribution in [3.63, 3.8) is 0 Å². The van der Waals surface area contributed by atoms with Crippen molar-refractivity contribution in [2.75, 3.05) is 0 Å². The second kappa shape index (κ2) is 5.80. The van der Waals surface area contributed by atoms with Crippen LogP contribution in [0.4, 0.5) is 0 Å². The zero-order valence-electron chi connectivity index (χ0n) is 9.84. The van der Waals surface area contributed by atoms with Gasteiger partial charge in [0.1, 0.15) is 0 Å². The maximum atomic E-state index is 11.2. The van der Waals surface area contributed by atoms with Gasteiger partial charge in [-0.3, -0.25) is 10.2 Å². The van der Waals surface area contributed by atoms with Crippen molar-refractivity contribution in [2.45, 2.75) is 0 Å². The van der Waals surface area contributed by atoms with Crippen LogP contribution >= 0.6 is 0 Å². The summed E-state index contributed by atoms with van der Waals surface area (Å²) in [5, 5.41) is 0. The number of amides is 1. The highest BCUT2D eigenvalue weighted by Gasteiger charge is 2.00. The first-order chi connectivity index (χ1) is 8.79. The molecule has 0 fully saturated rings. The molecule has 0 heterocycles. The quantitative estimate of drug-likeness (QED) is 0.373. The van der Waals surface area contributed by atoms with Crippen LogP contribution in [0.25, 0.3) is 12.2 Å². The van der Waals surface area contributed by atoms with E-state index in [2.05, 4.69) is 5.43 Å². The highest BCUT2D eigenvalue weighted by Crippen LogP contribution is 2.09. The van der Waals surface area contributed by atoms with Crippen LogP contribution in [0.15, 0.2) is 54.6 Å². The maximum absolute atomic E-state index is 11.2. The van der Waals surface area contributed by atoms with Crippen molar-refractivity contribution >= 4 is 18.1 Å². The van der Waals surface area contributed by atoms with Gasteiger partial charge in [-0.25, -0.2) is 5.84 Å². The standard InChI is InChI=1S/C15H14N2O/c16-17-15(18)14-10-8-13(9-11-14)7-6-12-4-2-1-3-5-12/h1-11H,16H2,(H,17,18). The van der Waals surface area contributed by atoms with Crippen LogP contribution in [0.2, 0.25) is 0 Å². The molecular weight excluding hydrogens is 224 g/mol. The summed E-state index contributed by atoms with van der Waals surface area (Å²) in [5.41, 5.74) is 4.83. The Labute approximate surface area is 106 Å². The molecule has 0 saturated heterocycles. The molecule has 0 aliphatic rings. The number of nitrogens with two attached hydrogens (primary N) is 1. The molecule has 0 spiro atoms. The molecular formula is C15H14N2O. The minimum absolute atomic E-state index is 0.284. The minimum Gasteiger partial charge on any atom is -0.290 e. The van der Waals surface area contributed by atoms with Gasteiger partial charge in [0.05, 0.1) is 0 Å². The average molecular weight is 238 g/mol. The lowest BCUT2D eigenvalue weighted by Gasteiger charge is -1.99. The Morgan fingerprint density at radius 3 is 2.00 bits per heavy atom. The predicted octanol–water partition coefficient (Wildman–Crippen LogP) is 2.46. The van der Waals surface area contributed by atoms with E-state index in [0.29, 0.717) is 5.56 Å². The summed E-state index contributed by atoms with van der Waals surface area (Å²) in [7, 11) is 0. The lowest BCUT2D eigenvalue weighted by Crippen LogP contribution is -2.29. The van der Waals surface area contributed by atoms with Crippen molar-refractivity contribution in [2.24, 2.45) is 5.84 Å². The second-order valence-electron chi connectivity index (χ2n) is 3.84. The molecule has 0 unspecified atom stereocenters. The highest BCUT2D eigenvalue weighted by molar-refractivity contribution is 5.94. The molecule has 3 N–H and O–H groups in total. The van der Waals surface area contributed by atoms with Gasteiger partial charge in [0.25, 0.3) is 5.91 Å². The molecule has 0 aliphatic heterocycles. The number of nitrogens with one attached hydrogen (secondary N) is 1. The molecule has 3 heteroatoms. The van der Waals surface area contributed by atoms with Crippen molar-refractivity contribution in [3.05, 3.63) is 71.3 Å². The van der Waals surface area contributed by atoms with Gasteiger partial charge in [-0.15, -0.1) is 0 Å². The van der Waals surface area contributed by atoms with Crippen molar-refractivity contribution < 1.29 is 4.79 Å². The number of hydrogen-bond acceptors (Lipinski definition) is 2. The first kappa shape index (κ1) is 12.1. The fourth-order valence-electron chi connectivity index (χ4n) is 1.59. The Kier molecular flexibility index (Phi) is 3.89. The number of hydrazine groups is 1. The molecule has 0 saturated carbocycles. The summed E-state index contributed by atoms with van der Waals surface area (Å²) < 4.78 is 0.